The minimum Gasteiger partial charge on any atom is -0.358 e. The average Bonchev–Trinajstić information content (AvgIpc) is 2.89. The summed E-state index contributed by atoms with van der Waals surface area (Å²) in [6.45, 7) is 3.31. The number of aromatic amines is 1. The molecule has 2 rings (SSSR count). The lowest BCUT2D eigenvalue weighted by atomic mass is 10.2. The molecule has 0 radical (unpaired) electrons. The summed E-state index contributed by atoms with van der Waals surface area (Å²) in [5.41, 5.74) is 0.542. The lowest BCUT2D eigenvalue weighted by molar-refractivity contribution is -0.119. The molecule has 1 aliphatic heterocycles. The van der Waals surface area contributed by atoms with Gasteiger partial charge in [-0.2, -0.15) is 5.26 Å². The van der Waals surface area contributed by atoms with Crippen molar-refractivity contribution in [1.29, 1.82) is 5.26 Å². The zero-order chi connectivity index (χ0) is 13.8. The van der Waals surface area contributed by atoms with Gasteiger partial charge in [-0.3, -0.25) is 9.59 Å². The molecule has 2 N–H and O–H groups in total. The Bertz CT molecular complexity index is 579. The van der Waals surface area contributed by atoms with E-state index < -0.39 is 0 Å². The number of hydrogen-bond acceptors (Lipinski definition) is 4. The summed E-state index contributed by atoms with van der Waals surface area (Å²) in [7, 11) is 0. The van der Waals surface area contributed by atoms with Crippen LogP contribution < -0.4 is 15.6 Å². The lowest BCUT2D eigenvalue weighted by Crippen LogP contribution is -2.29. The normalized spacial score (nSPS) is 14.2. The first-order valence-electron chi connectivity index (χ1n) is 6.27. The Morgan fingerprint density at radius 3 is 2.79 bits per heavy atom. The third kappa shape index (κ3) is 2.94. The molecule has 1 saturated heterocycles. The fraction of sp³-hybridized carbons (Fsp3) is 0.462. The maximum absolute atomic E-state index is 12.0. The molecule has 1 aliphatic rings. The highest BCUT2D eigenvalue weighted by molar-refractivity contribution is 5.73. The van der Waals surface area contributed by atoms with E-state index in [1.807, 2.05) is 6.07 Å². The number of pyridine rings is 1. The van der Waals surface area contributed by atoms with Crippen LogP contribution in [0.5, 0.6) is 0 Å². The molecule has 0 spiro atoms. The van der Waals surface area contributed by atoms with Crippen LogP contribution in [0, 0.1) is 11.3 Å². The summed E-state index contributed by atoms with van der Waals surface area (Å²) < 4.78 is 0. The Balaban J connectivity index is 2.41. The predicted molar refractivity (Wildman–Crippen MR) is 70.7 cm³/mol. The first-order valence-corrected chi connectivity index (χ1v) is 6.27. The third-order valence-corrected chi connectivity index (χ3v) is 3.17. The molecule has 6 nitrogen and oxygen atoms in total. The molecule has 0 aliphatic carbocycles. The molecule has 0 bridgehead atoms. The predicted octanol–water partition coefficient (Wildman–Crippen LogP) is 0.483. The van der Waals surface area contributed by atoms with Crippen molar-refractivity contribution in [1.82, 2.24) is 10.3 Å². The van der Waals surface area contributed by atoms with Gasteiger partial charge in [-0.15, -0.1) is 0 Å². The standard InChI is InChI=1S/C13H16N4O2/c1-9(18)15-8-11-12(19)6-10(7-14)16-13(11)17-4-2-3-5-17/h6H,2-5,8H2,1H3,(H,15,18)(H,16,19). The van der Waals surface area contributed by atoms with E-state index in [1.165, 1.54) is 13.0 Å². The van der Waals surface area contributed by atoms with Gasteiger partial charge >= 0.3 is 0 Å². The van der Waals surface area contributed by atoms with Gasteiger partial charge in [0.05, 0.1) is 12.1 Å². The van der Waals surface area contributed by atoms with E-state index >= 15 is 0 Å². The van der Waals surface area contributed by atoms with Gasteiger partial charge in [0, 0.05) is 26.1 Å². The molecule has 1 amide bonds. The number of amides is 1. The first kappa shape index (κ1) is 13.1. The first-order chi connectivity index (χ1) is 9.11. The van der Waals surface area contributed by atoms with Gasteiger partial charge in [-0.25, -0.2) is 0 Å². The summed E-state index contributed by atoms with van der Waals surface area (Å²) in [4.78, 5) is 28.1. The van der Waals surface area contributed by atoms with Gasteiger partial charge in [0.2, 0.25) is 5.91 Å². The topological polar surface area (TPSA) is 89.0 Å². The summed E-state index contributed by atoms with van der Waals surface area (Å²) in [5, 5.41) is 11.6. The fourth-order valence-electron chi connectivity index (χ4n) is 2.23. The van der Waals surface area contributed by atoms with Crippen molar-refractivity contribution in [2.75, 3.05) is 18.0 Å². The fourth-order valence-corrected chi connectivity index (χ4v) is 2.23. The van der Waals surface area contributed by atoms with Gasteiger partial charge in [-0.05, 0) is 12.8 Å². The molecular formula is C13H16N4O2. The summed E-state index contributed by atoms with van der Waals surface area (Å²) in [6, 6.07) is 3.23. The smallest absolute Gasteiger partial charge is 0.217 e. The Hall–Kier alpha value is -2.29. The zero-order valence-corrected chi connectivity index (χ0v) is 10.8. The van der Waals surface area contributed by atoms with E-state index in [-0.39, 0.29) is 23.6 Å². The van der Waals surface area contributed by atoms with Crippen LogP contribution in [0.3, 0.4) is 0 Å². The molecule has 0 atom stereocenters. The van der Waals surface area contributed by atoms with Gasteiger partial charge in [0.25, 0.3) is 0 Å². The number of nitriles is 1. The van der Waals surface area contributed by atoms with Gasteiger partial charge < -0.3 is 15.2 Å². The molecule has 2 heterocycles. The Morgan fingerprint density at radius 2 is 2.21 bits per heavy atom. The second kappa shape index (κ2) is 5.57. The van der Waals surface area contributed by atoms with Crippen LogP contribution in [-0.2, 0) is 11.3 Å². The lowest BCUT2D eigenvalue weighted by Gasteiger charge is -2.20. The SMILES string of the molecule is CC(=O)NCc1c(N2CCCC2)[nH]c(C#N)cc1=O. The minimum absolute atomic E-state index is 0.183. The van der Waals surface area contributed by atoms with E-state index in [4.69, 9.17) is 5.26 Å². The number of anilines is 1. The zero-order valence-electron chi connectivity index (χ0n) is 10.8. The Kier molecular flexibility index (Phi) is 3.85. The quantitative estimate of drug-likeness (QED) is 0.827. The van der Waals surface area contributed by atoms with Crippen molar-refractivity contribution in [3.05, 3.63) is 27.5 Å². The number of carbonyl (C=O) groups is 1. The number of nitrogens with one attached hydrogen (secondary N) is 2. The second-order valence-corrected chi connectivity index (χ2v) is 4.59. The number of carbonyl (C=O) groups excluding carboxylic acids is 1. The molecule has 0 aromatic carbocycles. The monoisotopic (exact) mass is 260 g/mol. The van der Waals surface area contributed by atoms with Crippen LogP contribution in [0.2, 0.25) is 0 Å². The molecule has 100 valence electrons. The number of rotatable bonds is 3. The van der Waals surface area contributed by atoms with Crippen LogP contribution in [-0.4, -0.2) is 24.0 Å². The number of hydrogen-bond donors (Lipinski definition) is 2. The maximum atomic E-state index is 12.0. The van der Waals surface area contributed by atoms with Crippen LogP contribution in [0.15, 0.2) is 10.9 Å². The van der Waals surface area contributed by atoms with E-state index in [9.17, 15) is 9.59 Å². The van der Waals surface area contributed by atoms with Crippen molar-refractivity contribution >= 4 is 11.7 Å². The highest BCUT2D eigenvalue weighted by atomic mass is 16.1. The van der Waals surface area contributed by atoms with Crippen molar-refractivity contribution in [2.45, 2.75) is 26.3 Å². The van der Waals surface area contributed by atoms with Crippen LogP contribution in [0.1, 0.15) is 31.0 Å². The van der Waals surface area contributed by atoms with Gasteiger partial charge in [0.15, 0.2) is 5.43 Å². The third-order valence-electron chi connectivity index (χ3n) is 3.17. The summed E-state index contributed by atoms with van der Waals surface area (Å²) in [6.07, 6.45) is 2.14. The molecular weight excluding hydrogens is 244 g/mol. The minimum atomic E-state index is -0.217. The maximum Gasteiger partial charge on any atom is 0.217 e. The molecule has 6 heteroatoms. The molecule has 1 aromatic heterocycles. The largest absolute Gasteiger partial charge is 0.358 e. The van der Waals surface area contributed by atoms with E-state index in [2.05, 4.69) is 15.2 Å². The highest BCUT2D eigenvalue weighted by Crippen LogP contribution is 2.20. The van der Waals surface area contributed by atoms with E-state index in [0.717, 1.165) is 25.9 Å². The van der Waals surface area contributed by atoms with Crippen molar-refractivity contribution < 1.29 is 4.79 Å². The summed E-state index contributed by atoms with van der Waals surface area (Å²) >= 11 is 0. The molecule has 0 saturated carbocycles. The highest BCUT2D eigenvalue weighted by Gasteiger charge is 2.19. The van der Waals surface area contributed by atoms with Crippen LogP contribution in [0.4, 0.5) is 5.82 Å². The Labute approximate surface area is 111 Å². The molecule has 19 heavy (non-hydrogen) atoms. The summed E-state index contributed by atoms with van der Waals surface area (Å²) in [5.74, 6) is 0.478. The van der Waals surface area contributed by atoms with Crippen molar-refractivity contribution in [2.24, 2.45) is 0 Å². The van der Waals surface area contributed by atoms with Crippen LogP contribution in [0.25, 0.3) is 0 Å². The van der Waals surface area contributed by atoms with Crippen molar-refractivity contribution in [3.8, 4) is 6.07 Å². The average molecular weight is 260 g/mol. The Morgan fingerprint density at radius 1 is 1.53 bits per heavy atom. The van der Waals surface area contributed by atoms with Crippen molar-refractivity contribution in [3.63, 3.8) is 0 Å². The molecule has 1 fully saturated rings. The number of aromatic nitrogens is 1. The number of H-pyrrole nitrogens is 1. The molecule has 0 unspecified atom stereocenters. The van der Waals surface area contributed by atoms with Gasteiger partial charge in [-0.1, -0.05) is 0 Å². The van der Waals surface area contributed by atoms with E-state index in [1.54, 1.807) is 0 Å². The molecule has 1 aromatic rings. The number of nitrogens with zero attached hydrogens (tertiary/aromatic N) is 2. The van der Waals surface area contributed by atoms with Gasteiger partial charge in [0.1, 0.15) is 17.6 Å². The second-order valence-electron chi connectivity index (χ2n) is 4.59. The van der Waals surface area contributed by atoms with Crippen LogP contribution >= 0.6 is 0 Å². The van der Waals surface area contributed by atoms with E-state index in [0.29, 0.717) is 11.4 Å².